The fourth-order valence-electron chi connectivity index (χ4n) is 2.47. The van der Waals surface area contributed by atoms with Gasteiger partial charge in [0.15, 0.2) is 0 Å². The molecule has 0 radical (unpaired) electrons. The lowest BCUT2D eigenvalue weighted by Crippen LogP contribution is -2.18. The number of rotatable bonds is 5. The van der Waals surface area contributed by atoms with Gasteiger partial charge in [0.25, 0.3) is 5.78 Å². The molecule has 1 aromatic heterocycles. The molecule has 0 fully saturated rings. The van der Waals surface area contributed by atoms with Crippen LogP contribution in [-0.2, 0) is 11.1 Å². The van der Waals surface area contributed by atoms with Crippen LogP contribution in [-0.4, -0.2) is 9.88 Å². The van der Waals surface area contributed by atoms with Gasteiger partial charge in [-0.3, -0.25) is 10.3 Å². The minimum absolute atomic E-state index is 0.524. The third-order valence-corrected chi connectivity index (χ3v) is 4.42. The summed E-state index contributed by atoms with van der Waals surface area (Å²) in [5.74, 6) is -0.645. The van der Waals surface area contributed by atoms with Gasteiger partial charge in [0.05, 0.1) is 5.52 Å². The second kappa shape index (κ2) is 6.75. The van der Waals surface area contributed by atoms with Crippen molar-refractivity contribution >= 4 is 18.9 Å². The van der Waals surface area contributed by atoms with Crippen LogP contribution in [0.2, 0.25) is 0 Å². The van der Waals surface area contributed by atoms with E-state index in [4.69, 9.17) is 0 Å². The predicted molar refractivity (Wildman–Crippen MR) is 87.6 cm³/mol. The molecule has 3 aromatic rings. The Morgan fingerprint density at radius 2 is 1.82 bits per heavy atom. The van der Waals surface area contributed by atoms with Crippen LogP contribution < -0.4 is 5.32 Å². The van der Waals surface area contributed by atoms with Gasteiger partial charge in [-0.25, -0.2) is 0 Å². The third kappa shape index (κ3) is 3.20. The van der Waals surface area contributed by atoms with Crippen molar-refractivity contribution in [2.45, 2.75) is 12.3 Å². The Balaban J connectivity index is 1.92. The minimum Gasteiger partial charge on any atom is -0.263 e. The van der Waals surface area contributed by atoms with E-state index < -0.39 is 13.8 Å². The molecule has 0 spiro atoms. The van der Waals surface area contributed by atoms with Crippen molar-refractivity contribution in [3.63, 3.8) is 0 Å². The summed E-state index contributed by atoms with van der Waals surface area (Å²) in [4.78, 5) is 14.1. The largest absolute Gasteiger partial charge is 0.529 e. The predicted octanol–water partition coefficient (Wildman–Crippen LogP) is 3.76. The summed E-state index contributed by atoms with van der Waals surface area (Å²) in [6.07, 6.45) is 1.70. The highest BCUT2D eigenvalue weighted by atomic mass is 31.1. The highest BCUT2D eigenvalue weighted by molar-refractivity contribution is 7.38. The van der Waals surface area contributed by atoms with E-state index in [0.29, 0.717) is 6.54 Å². The van der Waals surface area contributed by atoms with Crippen molar-refractivity contribution in [2.24, 2.45) is 0 Å². The zero-order valence-electron chi connectivity index (χ0n) is 11.9. The molecule has 4 nitrogen and oxygen atoms in total. The molecule has 0 amide bonds. The second-order valence-corrected chi connectivity index (χ2v) is 6.12. The van der Waals surface area contributed by atoms with Gasteiger partial charge in [-0.2, -0.15) is 4.89 Å². The van der Waals surface area contributed by atoms with Crippen LogP contribution in [0, 0.1) is 0 Å². The van der Waals surface area contributed by atoms with Crippen molar-refractivity contribution in [3.8, 4) is 0 Å². The Morgan fingerprint density at radius 1 is 1.05 bits per heavy atom. The summed E-state index contributed by atoms with van der Waals surface area (Å²) in [6.45, 7) is 0.524. The van der Waals surface area contributed by atoms with Crippen LogP contribution >= 0.6 is 8.03 Å². The fourth-order valence-corrected chi connectivity index (χ4v) is 3.16. The molecule has 3 rings (SSSR count). The molecule has 110 valence electrons. The van der Waals surface area contributed by atoms with Gasteiger partial charge in [-0.1, -0.05) is 54.6 Å². The first-order valence-corrected chi connectivity index (χ1v) is 8.30. The monoisotopic (exact) mass is 311 g/mol. The highest BCUT2D eigenvalue weighted by Crippen LogP contribution is 2.38. The van der Waals surface area contributed by atoms with Crippen molar-refractivity contribution in [3.05, 3.63) is 78.0 Å². The van der Waals surface area contributed by atoms with E-state index in [0.717, 1.165) is 22.0 Å². The molecule has 2 aromatic carbocycles. The molecular weight excluding hydrogens is 295 g/mol. The maximum Gasteiger partial charge on any atom is 0.529 e. The molecule has 0 saturated carbocycles. The van der Waals surface area contributed by atoms with Gasteiger partial charge in [0.2, 0.25) is 0 Å². The number of aromatic nitrogens is 1. The summed E-state index contributed by atoms with van der Waals surface area (Å²) in [6, 6.07) is 19.3. The fraction of sp³-hybridized carbons (Fsp3) is 0.118. The van der Waals surface area contributed by atoms with Gasteiger partial charge in [-0.05, 0) is 16.2 Å². The Morgan fingerprint density at radius 3 is 2.59 bits per heavy atom. The Labute approximate surface area is 129 Å². The maximum absolute atomic E-state index is 11.8. The quantitative estimate of drug-likeness (QED) is 0.704. The van der Waals surface area contributed by atoms with E-state index in [1.54, 1.807) is 6.20 Å². The second-order valence-electron chi connectivity index (χ2n) is 4.99. The molecule has 0 aliphatic heterocycles. The third-order valence-electron chi connectivity index (χ3n) is 3.52. The van der Waals surface area contributed by atoms with E-state index >= 15 is 0 Å². The molecule has 1 unspecified atom stereocenters. The number of hydrogen-bond donors (Lipinski definition) is 2. The molecule has 0 saturated heterocycles. The van der Waals surface area contributed by atoms with Crippen molar-refractivity contribution in [2.75, 3.05) is 0 Å². The average molecular weight is 311 g/mol. The standard InChI is InChI=1S/C17H15N2O2P/c20-22(21)17(19-12-13-6-2-1-3-7-13)15-10-4-8-14-9-5-11-18-16(14)15/h1-11,17,19H,12H2/p+1/t17-/m1/s1. The van der Waals surface area contributed by atoms with E-state index in [1.165, 1.54) is 0 Å². The molecule has 5 heteroatoms. The minimum atomic E-state index is -2.41. The smallest absolute Gasteiger partial charge is 0.263 e. The van der Waals surface area contributed by atoms with E-state index in [-0.39, 0.29) is 0 Å². The first-order chi connectivity index (χ1) is 10.8. The van der Waals surface area contributed by atoms with Crippen LogP contribution in [0.15, 0.2) is 66.9 Å². The van der Waals surface area contributed by atoms with Gasteiger partial charge >= 0.3 is 8.03 Å². The van der Waals surface area contributed by atoms with Crippen molar-refractivity contribution in [1.29, 1.82) is 0 Å². The SMILES string of the molecule is O=[P+](O)[C@@H](NCc1ccccc1)c1cccc2cccnc12. The first-order valence-electron chi connectivity index (χ1n) is 7.02. The summed E-state index contributed by atoms with van der Waals surface area (Å²) in [7, 11) is -2.41. The molecule has 1 heterocycles. The van der Waals surface area contributed by atoms with Crippen LogP contribution in [0.4, 0.5) is 0 Å². The summed E-state index contributed by atoms with van der Waals surface area (Å²) < 4.78 is 11.8. The van der Waals surface area contributed by atoms with Crippen LogP contribution in [0.25, 0.3) is 10.9 Å². The topological polar surface area (TPSA) is 62.2 Å². The number of para-hydroxylation sites is 1. The van der Waals surface area contributed by atoms with Crippen molar-refractivity contribution < 1.29 is 9.46 Å². The molecule has 22 heavy (non-hydrogen) atoms. The van der Waals surface area contributed by atoms with E-state index in [2.05, 4.69) is 10.3 Å². The number of benzene rings is 2. The number of nitrogens with one attached hydrogen (secondary N) is 1. The van der Waals surface area contributed by atoms with E-state index in [9.17, 15) is 9.46 Å². The van der Waals surface area contributed by atoms with Crippen LogP contribution in [0.5, 0.6) is 0 Å². The van der Waals surface area contributed by atoms with Gasteiger partial charge in [0, 0.05) is 23.7 Å². The summed E-state index contributed by atoms with van der Waals surface area (Å²) >= 11 is 0. The molecule has 0 aliphatic rings. The Hall–Kier alpha value is -2.13. The van der Waals surface area contributed by atoms with Crippen LogP contribution in [0.1, 0.15) is 16.9 Å². The number of pyridine rings is 1. The first kappa shape index (κ1) is 14.8. The molecule has 2 atom stereocenters. The number of hydrogen-bond acceptors (Lipinski definition) is 3. The maximum atomic E-state index is 11.8. The summed E-state index contributed by atoms with van der Waals surface area (Å²) in [5.41, 5.74) is 2.57. The lowest BCUT2D eigenvalue weighted by molar-refractivity contribution is 0.474. The molecule has 0 bridgehead atoms. The molecular formula is C17H16N2O2P+. The number of fused-ring (bicyclic) bond motifs is 1. The van der Waals surface area contributed by atoms with E-state index in [1.807, 2.05) is 60.7 Å². The zero-order chi connectivity index (χ0) is 15.4. The highest BCUT2D eigenvalue weighted by Gasteiger charge is 2.32. The lowest BCUT2D eigenvalue weighted by Gasteiger charge is -2.10. The Bertz CT molecular complexity index is 788. The lowest BCUT2D eigenvalue weighted by atomic mass is 10.1. The molecule has 2 N–H and O–H groups in total. The average Bonchev–Trinajstić information content (AvgIpc) is 2.56. The summed E-state index contributed by atoms with van der Waals surface area (Å²) in [5, 5.41) is 4.13. The van der Waals surface area contributed by atoms with Crippen LogP contribution in [0.3, 0.4) is 0 Å². The van der Waals surface area contributed by atoms with Gasteiger partial charge in [0.1, 0.15) is 0 Å². The van der Waals surface area contributed by atoms with Gasteiger partial charge in [-0.15, -0.1) is 0 Å². The van der Waals surface area contributed by atoms with Gasteiger partial charge < -0.3 is 0 Å². The molecule has 0 aliphatic carbocycles. The normalized spacial score (nSPS) is 13.0. The zero-order valence-corrected chi connectivity index (χ0v) is 12.8. The Kier molecular flexibility index (Phi) is 4.54. The van der Waals surface area contributed by atoms with Crippen molar-refractivity contribution in [1.82, 2.24) is 10.3 Å². The number of nitrogens with zero attached hydrogens (tertiary/aromatic N) is 1.